The third-order valence-electron chi connectivity index (χ3n) is 4.04. The predicted octanol–water partition coefficient (Wildman–Crippen LogP) is 2.66. The van der Waals surface area contributed by atoms with Gasteiger partial charge in [-0.25, -0.2) is 8.42 Å². The van der Waals surface area contributed by atoms with Crippen LogP contribution in [0.25, 0.3) is 0 Å². The fourth-order valence-corrected chi connectivity index (χ4v) is 3.77. The number of aromatic nitrogens is 2. The number of nitrogens with zero attached hydrogens (tertiary/aromatic N) is 4. The first-order valence-electron chi connectivity index (χ1n) is 8.12. The summed E-state index contributed by atoms with van der Waals surface area (Å²) in [4.78, 5) is 10.1. The van der Waals surface area contributed by atoms with Crippen molar-refractivity contribution in [1.82, 2.24) is 14.1 Å². The molecule has 0 saturated carbocycles. The van der Waals surface area contributed by atoms with Crippen molar-refractivity contribution in [3.05, 3.63) is 88.2 Å². The van der Waals surface area contributed by atoms with Crippen LogP contribution in [0, 0.1) is 10.1 Å². The minimum atomic E-state index is -3.76. The highest BCUT2D eigenvalue weighted by Gasteiger charge is 2.22. The number of nitro groups is 1. The van der Waals surface area contributed by atoms with Crippen LogP contribution in [0.1, 0.15) is 11.1 Å². The molecule has 0 aliphatic rings. The van der Waals surface area contributed by atoms with Gasteiger partial charge in [0, 0.05) is 37.5 Å². The highest BCUT2D eigenvalue weighted by molar-refractivity contribution is 7.89. The molecule has 0 aliphatic carbocycles. The molecule has 0 amide bonds. The second-order valence-electron chi connectivity index (χ2n) is 6.04. The SMILES string of the molecule is CN(Cc1cnn(Cc2ccccc2)c1)S(=O)(=O)c1ccc([N+](=O)[O-])cc1. The average Bonchev–Trinajstić information content (AvgIpc) is 3.09. The summed E-state index contributed by atoms with van der Waals surface area (Å²) >= 11 is 0. The minimum Gasteiger partial charge on any atom is -0.268 e. The Hall–Kier alpha value is -3.04. The highest BCUT2D eigenvalue weighted by Crippen LogP contribution is 2.20. The summed E-state index contributed by atoms with van der Waals surface area (Å²) in [5, 5.41) is 15.0. The van der Waals surface area contributed by atoms with Gasteiger partial charge in [0.15, 0.2) is 0 Å². The molecule has 0 N–H and O–H groups in total. The third-order valence-corrected chi connectivity index (χ3v) is 5.85. The third kappa shape index (κ3) is 4.39. The molecule has 3 aromatic rings. The first-order valence-corrected chi connectivity index (χ1v) is 9.56. The lowest BCUT2D eigenvalue weighted by molar-refractivity contribution is -0.384. The molecule has 3 rings (SSSR count). The Labute approximate surface area is 156 Å². The van der Waals surface area contributed by atoms with Crippen molar-refractivity contribution in [3.8, 4) is 0 Å². The molecular formula is C18H18N4O4S. The van der Waals surface area contributed by atoms with Gasteiger partial charge < -0.3 is 0 Å². The van der Waals surface area contributed by atoms with Gasteiger partial charge in [-0.1, -0.05) is 30.3 Å². The molecule has 0 spiro atoms. The van der Waals surface area contributed by atoms with Crippen molar-refractivity contribution in [3.63, 3.8) is 0 Å². The second kappa shape index (κ2) is 7.68. The minimum absolute atomic E-state index is 0.00674. The maximum absolute atomic E-state index is 12.6. The second-order valence-corrected chi connectivity index (χ2v) is 8.09. The standard InChI is InChI=1S/C18H18N4O4S/c1-20(27(25,26)18-9-7-17(8-10-18)22(23)24)12-16-11-19-21(14-16)13-15-5-3-2-4-6-15/h2-11,14H,12-13H2,1H3. The van der Waals surface area contributed by atoms with Crippen LogP contribution in [0.4, 0.5) is 5.69 Å². The fraction of sp³-hybridized carbons (Fsp3) is 0.167. The molecule has 2 aromatic carbocycles. The van der Waals surface area contributed by atoms with Gasteiger partial charge in [-0.2, -0.15) is 9.40 Å². The van der Waals surface area contributed by atoms with E-state index in [1.165, 1.54) is 35.6 Å². The van der Waals surface area contributed by atoms with Crippen molar-refractivity contribution in [2.75, 3.05) is 7.05 Å². The van der Waals surface area contributed by atoms with Crippen molar-refractivity contribution >= 4 is 15.7 Å². The van der Waals surface area contributed by atoms with Crippen LogP contribution >= 0.6 is 0 Å². The molecule has 0 fully saturated rings. The van der Waals surface area contributed by atoms with E-state index >= 15 is 0 Å². The molecule has 140 valence electrons. The first-order chi connectivity index (χ1) is 12.9. The van der Waals surface area contributed by atoms with E-state index in [1.54, 1.807) is 17.1 Å². The van der Waals surface area contributed by atoms with Crippen molar-refractivity contribution in [2.24, 2.45) is 0 Å². The smallest absolute Gasteiger partial charge is 0.268 e. The summed E-state index contributed by atoms with van der Waals surface area (Å²) in [7, 11) is -2.29. The monoisotopic (exact) mass is 386 g/mol. The number of hydrogen-bond donors (Lipinski definition) is 0. The molecule has 9 heteroatoms. The summed E-state index contributed by atoms with van der Waals surface area (Å²) in [5.41, 5.74) is 1.69. The summed E-state index contributed by atoms with van der Waals surface area (Å²) in [6, 6.07) is 14.7. The number of rotatable bonds is 7. The van der Waals surface area contributed by atoms with Gasteiger partial charge in [0.05, 0.1) is 22.6 Å². The summed E-state index contributed by atoms with van der Waals surface area (Å²) < 4.78 is 28.2. The lowest BCUT2D eigenvalue weighted by atomic mass is 10.2. The average molecular weight is 386 g/mol. The highest BCUT2D eigenvalue weighted by atomic mass is 32.2. The van der Waals surface area contributed by atoms with E-state index in [0.717, 1.165) is 11.1 Å². The van der Waals surface area contributed by atoms with Gasteiger partial charge in [-0.3, -0.25) is 14.8 Å². The lowest BCUT2D eigenvalue weighted by Crippen LogP contribution is -2.26. The number of benzene rings is 2. The zero-order valence-corrected chi connectivity index (χ0v) is 15.4. The molecule has 1 aromatic heterocycles. The number of hydrogen-bond acceptors (Lipinski definition) is 5. The number of nitro benzene ring substituents is 1. The molecule has 0 saturated heterocycles. The number of non-ortho nitro benzene ring substituents is 1. The maximum Gasteiger partial charge on any atom is 0.269 e. The van der Waals surface area contributed by atoms with Crippen molar-refractivity contribution in [2.45, 2.75) is 18.0 Å². The Kier molecular flexibility index (Phi) is 5.33. The fourth-order valence-electron chi connectivity index (χ4n) is 2.61. The quantitative estimate of drug-likeness (QED) is 0.459. The van der Waals surface area contributed by atoms with E-state index in [-0.39, 0.29) is 17.1 Å². The Bertz CT molecular complexity index is 1030. The molecule has 0 bridgehead atoms. The largest absolute Gasteiger partial charge is 0.269 e. The zero-order chi connectivity index (χ0) is 19.4. The summed E-state index contributed by atoms with van der Waals surface area (Å²) in [5.74, 6) is 0. The molecule has 8 nitrogen and oxygen atoms in total. The Morgan fingerprint density at radius 3 is 2.37 bits per heavy atom. The van der Waals surface area contributed by atoms with Crippen LogP contribution in [-0.4, -0.2) is 34.5 Å². The van der Waals surface area contributed by atoms with Crippen LogP contribution in [0.3, 0.4) is 0 Å². The maximum atomic E-state index is 12.6. The van der Waals surface area contributed by atoms with Crippen LogP contribution in [0.5, 0.6) is 0 Å². The van der Waals surface area contributed by atoms with E-state index in [0.29, 0.717) is 6.54 Å². The Balaban J connectivity index is 1.70. The van der Waals surface area contributed by atoms with Crippen molar-refractivity contribution in [1.29, 1.82) is 0 Å². The van der Waals surface area contributed by atoms with Crippen LogP contribution in [0.15, 0.2) is 71.9 Å². The van der Waals surface area contributed by atoms with Crippen LogP contribution < -0.4 is 0 Å². The lowest BCUT2D eigenvalue weighted by Gasteiger charge is -2.16. The Morgan fingerprint density at radius 2 is 1.74 bits per heavy atom. The molecular weight excluding hydrogens is 368 g/mol. The zero-order valence-electron chi connectivity index (χ0n) is 14.6. The molecule has 27 heavy (non-hydrogen) atoms. The first kappa shape index (κ1) is 18.7. The number of sulfonamides is 1. The van der Waals surface area contributed by atoms with E-state index in [2.05, 4.69) is 5.10 Å². The van der Waals surface area contributed by atoms with Gasteiger partial charge in [0.25, 0.3) is 5.69 Å². The van der Waals surface area contributed by atoms with E-state index < -0.39 is 14.9 Å². The van der Waals surface area contributed by atoms with Gasteiger partial charge in [0.2, 0.25) is 10.0 Å². The summed E-state index contributed by atoms with van der Waals surface area (Å²) in [6.07, 6.45) is 3.43. The molecule has 0 unspecified atom stereocenters. The van der Waals surface area contributed by atoms with E-state index in [9.17, 15) is 18.5 Å². The molecule has 0 aliphatic heterocycles. The normalized spacial score (nSPS) is 11.6. The predicted molar refractivity (Wildman–Crippen MR) is 99.5 cm³/mol. The topological polar surface area (TPSA) is 98.3 Å². The van der Waals surface area contributed by atoms with Gasteiger partial charge >= 0.3 is 0 Å². The van der Waals surface area contributed by atoms with Crippen LogP contribution in [-0.2, 0) is 23.1 Å². The van der Waals surface area contributed by atoms with Gasteiger partial charge in [-0.05, 0) is 17.7 Å². The van der Waals surface area contributed by atoms with Crippen molar-refractivity contribution < 1.29 is 13.3 Å². The molecule has 0 atom stereocenters. The van der Waals surface area contributed by atoms with Gasteiger partial charge in [0.1, 0.15) is 0 Å². The van der Waals surface area contributed by atoms with Gasteiger partial charge in [-0.15, -0.1) is 0 Å². The molecule has 0 radical (unpaired) electrons. The van der Waals surface area contributed by atoms with Crippen LogP contribution in [0.2, 0.25) is 0 Å². The Morgan fingerprint density at radius 1 is 1.07 bits per heavy atom. The summed E-state index contributed by atoms with van der Waals surface area (Å²) in [6.45, 7) is 0.744. The molecule has 1 heterocycles. The van der Waals surface area contributed by atoms with E-state index in [4.69, 9.17) is 0 Å². The van der Waals surface area contributed by atoms with E-state index in [1.807, 2.05) is 30.3 Å².